The summed E-state index contributed by atoms with van der Waals surface area (Å²) in [6.45, 7) is 1.82. The third-order valence-electron chi connectivity index (χ3n) is 2.73. The van der Waals surface area contributed by atoms with Crippen molar-refractivity contribution in [1.82, 2.24) is 0 Å². The van der Waals surface area contributed by atoms with E-state index >= 15 is 0 Å². The molecule has 90 valence electrons. The SMILES string of the molecule is Cc1ccc(F)c(-c2ccc(CC#N)cc2F)c1. The van der Waals surface area contributed by atoms with Crippen LogP contribution in [0.2, 0.25) is 0 Å². The van der Waals surface area contributed by atoms with Crippen molar-refractivity contribution in [3.05, 3.63) is 59.2 Å². The highest BCUT2D eigenvalue weighted by Crippen LogP contribution is 2.27. The molecule has 1 nitrogen and oxygen atoms in total. The first-order chi connectivity index (χ1) is 8.61. The van der Waals surface area contributed by atoms with E-state index in [-0.39, 0.29) is 17.5 Å². The van der Waals surface area contributed by atoms with Gasteiger partial charge in [-0.2, -0.15) is 5.26 Å². The molecule has 0 aliphatic heterocycles. The Bertz CT molecular complexity index is 627. The minimum Gasteiger partial charge on any atom is -0.206 e. The van der Waals surface area contributed by atoms with Gasteiger partial charge in [0.25, 0.3) is 0 Å². The fourth-order valence-corrected chi connectivity index (χ4v) is 1.82. The largest absolute Gasteiger partial charge is 0.206 e. The minimum atomic E-state index is -0.507. The smallest absolute Gasteiger partial charge is 0.131 e. The molecule has 0 aliphatic rings. The van der Waals surface area contributed by atoms with Gasteiger partial charge in [-0.1, -0.05) is 23.8 Å². The molecule has 0 radical (unpaired) electrons. The van der Waals surface area contributed by atoms with Crippen LogP contribution in [0.4, 0.5) is 8.78 Å². The summed E-state index contributed by atoms with van der Waals surface area (Å²) in [5.41, 5.74) is 1.92. The molecule has 0 heterocycles. The fourth-order valence-electron chi connectivity index (χ4n) is 1.82. The van der Waals surface area contributed by atoms with Gasteiger partial charge in [-0.15, -0.1) is 0 Å². The first-order valence-corrected chi connectivity index (χ1v) is 5.53. The van der Waals surface area contributed by atoms with Gasteiger partial charge in [0.15, 0.2) is 0 Å². The molecule has 2 aromatic rings. The van der Waals surface area contributed by atoms with Crippen molar-refractivity contribution in [3.63, 3.8) is 0 Å². The molecule has 3 heteroatoms. The van der Waals surface area contributed by atoms with Crippen molar-refractivity contribution < 1.29 is 8.78 Å². The fraction of sp³-hybridized carbons (Fsp3) is 0.133. The van der Waals surface area contributed by atoms with E-state index in [1.165, 1.54) is 18.2 Å². The van der Waals surface area contributed by atoms with E-state index in [1.54, 1.807) is 18.2 Å². The summed E-state index contributed by atoms with van der Waals surface area (Å²) >= 11 is 0. The van der Waals surface area contributed by atoms with E-state index < -0.39 is 11.6 Å². The van der Waals surface area contributed by atoms with Crippen molar-refractivity contribution in [3.8, 4) is 17.2 Å². The van der Waals surface area contributed by atoms with Crippen LogP contribution in [0.5, 0.6) is 0 Å². The molecule has 2 aromatic carbocycles. The highest BCUT2D eigenvalue weighted by Gasteiger charge is 2.10. The van der Waals surface area contributed by atoms with E-state index in [2.05, 4.69) is 0 Å². The zero-order valence-corrected chi connectivity index (χ0v) is 9.87. The molecule has 0 unspecified atom stereocenters. The Kier molecular flexibility index (Phi) is 3.38. The molecule has 0 atom stereocenters. The summed E-state index contributed by atoms with van der Waals surface area (Å²) in [6.07, 6.45) is 0.146. The Balaban J connectivity index is 2.51. The highest BCUT2D eigenvalue weighted by atomic mass is 19.1. The second-order valence-electron chi connectivity index (χ2n) is 4.13. The number of nitrogens with zero attached hydrogens (tertiary/aromatic N) is 1. The molecule has 0 aromatic heterocycles. The Morgan fingerprint density at radius 2 is 1.78 bits per heavy atom. The first kappa shape index (κ1) is 12.3. The lowest BCUT2D eigenvalue weighted by molar-refractivity contribution is 0.615. The van der Waals surface area contributed by atoms with Crippen molar-refractivity contribution >= 4 is 0 Å². The van der Waals surface area contributed by atoms with Crippen molar-refractivity contribution in [2.24, 2.45) is 0 Å². The highest BCUT2D eigenvalue weighted by molar-refractivity contribution is 5.66. The summed E-state index contributed by atoms with van der Waals surface area (Å²) in [7, 11) is 0. The second kappa shape index (κ2) is 4.97. The predicted octanol–water partition coefficient (Wildman–Crippen LogP) is 4.01. The Morgan fingerprint density at radius 3 is 2.44 bits per heavy atom. The van der Waals surface area contributed by atoms with Crippen LogP contribution in [-0.4, -0.2) is 0 Å². The number of benzene rings is 2. The molecule has 0 spiro atoms. The average Bonchev–Trinajstić information content (AvgIpc) is 2.33. The third kappa shape index (κ3) is 2.38. The van der Waals surface area contributed by atoms with Gasteiger partial charge in [-0.25, -0.2) is 8.78 Å². The maximum absolute atomic E-state index is 13.9. The zero-order chi connectivity index (χ0) is 13.1. The van der Waals surface area contributed by atoms with Crippen molar-refractivity contribution in [2.45, 2.75) is 13.3 Å². The molecule has 2 rings (SSSR count). The average molecular weight is 243 g/mol. The molecular weight excluding hydrogens is 232 g/mol. The molecule has 0 saturated carbocycles. The number of nitriles is 1. The van der Waals surface area contributed by atoms with Crippen LogP contribution < -0.4 is 0 Å². The molecule has 18 heavy (non-hydrogen) atoms. The Hall–Kier alpha value is -2.21. The lowest BCUT2D eigenvalue weighted by Gasteiger charge is -2.07. The first-order valence-electron chi connectivity index (χ1n) is 5.53. The van der Waals surface area contributed by atoms with Crippen LogP contribution in [0.15, 0.2) is 36.4 Å². The molecule has 0 aliphatic carbocycles. The number of hydrogen-bond acceptors (Lipinski definition) is 1. The van der Waals surface area contributed by atoms with Gasteiger partial charge in [0.1, 0.15) is 11.6 Å². The van der Waals surface area contributed by atoms with E-state index in [0.29, 0.717) is 5.56 Å². The quantitative estimate of drug-likeness (QED) is 0.781. The van der Waals surface area contributed by atoms with Gasteiger partial charge < -0.3 is 0 Å². The van der Waals surface area contributed by atoms with Crippen LogP contribution >= 0.6 is 0 Å². The minimum absolute atomic E-state index is 0.146. The van der Waals surface area contributed by atoms with Crippen LogP contribution in [0.1, 0.15) is 11.1 Å². The maximum atomic E-state index is 13.9. The Morgan fingerprint density at radius 1 is 1.00 bits per heavy atom. The zero-order valence-electron chi connectivity index (χ0n) is 9.87. The molecule has 0 saturated heterocycles. The summed E-state index contributed by atoms with van der Waals surface area (Å²) in [4.78, 5) is 0. The monoisotopic (exact) mass is 243 g/mol. The summed E-state index contributed by atoms with van der Waals surface area (Å²) in [5, 5.41) is 8.54. The van der Waals surface area contributed by atoms with E-state index in [9.17, 15) is 8.78 Å². The van der Waals surface area contributed by atoms with Gasteiger partial charge in [0.2, 0.25) is 0 Å². The van der Waals surface area contributed by atoms with Crippen LogP contribution in [0.3, 0.4) is 0 Å². The number of halogens is 2. The lowest BCUT2D eigenvalue weighted by Crippen LogP contribution is -1.92. The van der Waals surface area contributed by atoms with E-state index in [1.807, 2.05) is 13.0 Å². The molecular formula is C15H11F2N. The van der Waals surface area contributed by atoms with Crippen molar-refractivity contribution in [1.29, 1.82) is 5.26 Å². The lowest BCUT2D eigenvalue weighted by atomic mass is 10.00. The summed E-state index contributed by atoms with van der Waals surface area (Å²) in [6, 6.07) is 11.0. The van der Waals surface area contributed by atoms with Crippen LogP contribution in [0, 0.1) is 29.9 Å². The molecule has 0 fully saturated rings. The number of rotatable bonds is 2. The second-order valence-corrected chi connectivity index (χ2v) is 4.13. The molecule has 0 amide bonds. The number of aryl methyl sites for hydroxylation is 1. The van der Waals surface area contributed by atoms with E-state index in [4.69, 9.17) is 5.26 Å². The topological polar surface area (TPSA) is 23.8 Å². The molecule has 0 N–H and O–H groups in total. The van der Waals surface area contributed by atoms with Gasteiger partial charge in [-0.05, 0) is 30.7 Å². The van der Waals surface area contributed by atoms with Gasteiger partial charge in [-0.3, -0.25) is 0 Å². The van der Waals surface area contributed by atoms with Crippen LogP contribution in [-0.2, 0) is 6.42 Å². The van der Waals surface area contributed by atoms with Gasteiger partial charge in [0.05, 0.1) is 12.5 Å². The normalized spacial score (nSPS) is 10.1. The predicted molar refractivity (Wildman–Crippen MR) is 65.8 cm³/mol. The van der Waals surface area contributed by atoms with Gasteiger partial charge >= 0.3 is 0 Å². The van der Waals surface area contributed by atoms with Crippen LogP contribution in [0.25, 0.3) is 11.1 Å². The number of hydrogen-bond donors (Lipinski definition) is 0. The van der Waals surface area contributed by atoms with E-state index in [0.717, 1.165) is 5.56 Å². The van der Waals surface area contributed by atoms with Crippen molar-refractivity contribution in [2.75, 3.05) is 0 Å². The molecule has 0 bridgehead atoms. The summed E-state index contributed by atoms with van der Waals surface area (Å²) in [5.74, 6) is -0.959. The third-order valence-corrected chi connectivity index (χ3v) is 2.73. The maximum Gasteiger partial charge on any atom is 0.131 e. The Labute approximate surface area is 104 Å². The van der Waals surface area contributed by atoms with Gasteiger partial charge in [0, 0.05) is 11.1 Å². The standard InChI is InChI=1S/C15H11F2N/c1-10-2-5-14(16)13(8-10)12-4-3-11(6-7-18)9-15(12)17/h2-5,8-9H,6H2,1H3. The summed E-state index contributed by atoms with van der Waals surface area (Å²) < 4.78 is 27.6.